The molecule has 1 aliphatic carbocycles. The highest BCUT2D eigenvalue weighted by molar-refractivity contribution is 7.17. The van der Waals surface area contributed by atoms with E-state index in [0.29, 0.717) is 16.3 Å². The van der Waals surface area contributed by atoms with Gasteiger partial charge < -0.3 is 19.2 Å². The first-order chi connectivity index (χ1) is 13.5. The fourth-order valence-corrected chi connectivity index (χ4v) is 4.25. The second-order valence-electron chi connectivity index (χ2n) is 6.22. The van der Waals surface area contributed by atoms with E-state index in [2.05, 4.69) is 5.32 Å². The predicted octanol–water partition coefficient (Wildman–Crippen LogP) is 3.51. The van der Waals surface area contributed by atoms with Gasteiger partial charge in [0.25, 0.3) is 5.91 Å². The average molecular weight is 403 g/mol. The lowest BCUT2D eigenvalue weighted by atomic mass is 10.1. The van der Waals surface area contributed by atoms with Crippen molar-refractivity contribution in [1.29, 1.82) is 0 Å². The van der Waals surface area contributed by atoms with Crippen LogP contribution in [0, 0.1) is 6.92 Å². The van der Waals surface area contributed by atoms with Gasteiger partial charge in [-0.25, -0.2) is 9.59 Å². The molecular weight excluding hydrogens is 382 g/mol. The Balaban J connectivity index is 1.58. The Morgan fingerprint density at radius 3 is 2.79 bits per heavy atom. The van der Waals surface area contributed by atoms with Crippen molar-refractivity contribution in [3.8, 4) is 0 Å². The minimum atomic E-state index is -0.663. The number of hydrogen-bond donors (Lipinski definition) is 1. The topological polar surface area (TPSA) is 94.8 Å². The first-order valence-corrected chi connectivity index (χ1v) is 9.82. The summed E-state index contributed by atoms with van der Waals surface area (Å²) in [6, 6.07) is 3.50. The maximum atomic E-state index is 12.3. The van der Waals surface area contributed by atoms with Gasteiger partial charge in [0.05, 0.1) is 12.2 Å². The highest BCUT2D eigenvalue weighted by Gasteiger charge is 2.28. The maximum absolute atomic E-state index is 12.3. The smallest absolute Gasteiger partial charge is 0.341 e. The van der Waals surface area contributed by atoms with Crippen LogP contribution in [0.4, 0.5) is 5.00 Å². The first kappa shape index (κ1) is 19.9. The number of rotatable bonds is 7. The molecule has 28 heavy (non-hydrogen) atoms. The summed E-state index contributed by atoms with van der Waals surface area (Å²) in [5.74, 6) is -0.367. The van der Waals surface area contributed by atoms with E-state index in [-0.39, 0.29) is 6.61 Å². The molecule has 0 radical (unpaired) electrons. The van der Waals surface area contributed by atoms with Crippen molar-refractivity contribution >= 4 is 40.3 Å². The second kappa shape index (κ2) is 8.88. The molecule has 148 valence electrons. The number of anilines is 1. The molecule has 0 aromatic carbocycles. The molecule has 8 heteroatoms. The van der Waals surface area contributed by atoms with Crippen LogP contribution in [0.5, 0.6) is 0 Å². The Hall–Kier alpha value is -2.87. The number of carbonyl (C=O) groups is 3. The molecule has 0 aliphatic heterocycles. The lowest BCUT2D eigenvalue weighted by Crippen LogP contribution is -2.21. The van der Waals surface area contributed by atoms with Crippen molar-refractivity contribution in [3.05, 3.63) is 45.7 Å². The van der Waals surface area contributed by atoms with Crippen LogP contribution in [0.15, 0.2) is 22.6 Å². The van der Waals surface area contributed by atoms with Gasteiger partial charge in [0.15, 0.2) is 6.61 Å². The van der Waals surface area contributed by atoms with E-state index >= 15 is 0 Å². The number of amides is 1. The predicted molar refractivity (Wildman–Crippen MR) is 104 cm³/mol. The zero-order chi connectivity index (χ0) is 20.1. The first-order valence-electron chi connectivity index (χ1n) is 9.00. The highest BCUT2D eigenvalue weighted by Crippen LogP contribution is 2.39. The molecule has 1 amide bonds. The van der Waals surface area contributed by atoms with Crippen LogP contribution in [0.2, 0.25) is 0 Å². The number of furan rings is 1. The minimum absolute atomic E-state index is 0.260. The molecule has 1 aliphatic rings. The third-order valence-electron chi connectivity index (χ3n) is 4.14. The van der Waals surface area contributed by atoms with Gasteiger partial charge in [-0.15, -0.1) is 11.3 Å². The van der Waals surface area contributed by atoms with Crippen LogP contribution < -0.4 is 5.32 Å². The summed E-state index contributed by atoms with van der Waals surface area (Å²) in [6.07, 6.45) is 5.32. The molecule has 0 saturated carbocycles. The number of hydrogen-bond acceptors (Lipinski definition) is 7. The number of carbonyl (C=O) groups excluding carboxylic acids is 3. The maximum Gasteiger partial charge on any atom is 0.341 e. The van der Waals surface area contributed by atoms with Crippen LogP contribution in [-0.4, -0.2) is 31.1 Å². The van der Waals surface area contributed by atoms with Gasteiger partial charge in [0.1, 0.15) is 16.5 Å². The monoisotopic (exact) mass is 403 g/mol. The molecule has 7 nitrogen and oxygen atoms in total. The Bertz CT molecular complexity index is 923. The van der Waals surface area contributed by atoms with Crippen molar-refractivity contribution in [2.45, 2.75) is 33.1 Å². The van der Waals surface area contributed by atoms with Crippen LogP contribution in [0.3, 0.4) is 0 Å². The number of thiophene rings is 1. The van der Waals surface area contributed by atoms with Gasteiger partial charge in [0, 0.05) is 11.0 Å². The van der Waals surface area contributed by atoms with E-state index in [4.69, 9.17) is 13.9 Å². The van der Waals surface area contributed by atoms with Gasteiger partial charge in [-0.3, -0.25) is 4.79 Å². The molecule has 0 saturated heterocycles. The van der Waals surface area contributed by atoms with Crippen molar-refractivity contribution in [2.24, 2.45) is 0 Å². The Morgan fingerprint density at radius 1 is 1.25 bits per heavy atom. The lowest BCUT2D eigenvalue weighted by Gasteiger charge is -2.08. The molecule has 0 unspecified atom stereocenters. The molecule has 0 bridgehead atoms. The standard InChI is InChI=1S/C20H21NO6S/c1-3-25-20(24)18-14-5-4-6-15(14)28-19(18)21-16(22)11-26-17(23)10-9-13-8-7-12(2)27-13/h7-10H,3-6,11H2,1-2H3,(H,21,22). The molecule has 2 aromatic heterocycles. The quantitative estimate of drug-likeness (QED) is 0.562. The summed E-state index contributed by atoms with van der Waals surface area (Å²) in [4.78, 5) is 37.3. The van der Waals surface area contributed by atoms with Crippen LogP contribution >= 0.6 is 11.3 Å². The molecule has 2 heterocycles. The van der Waals surface area contributed by atoms with Gasteiger partial charge >= 0.3 is 11.9 Å². The van der Waals surface area contributed by atoms with E-state index in [9.17, 15) is 14.4 Å². The van der Waals surface area contributed by atoms with Gasteiger partial charge in [0.2, 0.25) is 0 Å². The van der Waals surface area contributed by atoms with Crippen molar-refractivity contribution in [3.63, 3.8) is 0 Å². The number of aryl methyl sites for hydroxylation is 2. The largest absolute Gasteiger partial charge is 0.462 e. The molecular formula is C20H21NO6S. The lowest BCUT2D eigenvalue weighted by molar-refractivity contribution is -0.142. The van der Waals surface area contributed by atoms with Crippen LogP contribution in [0.25, 0.3) is 6.08 Å². The molecule has 0 fully saturated rings. The van der Waals surface area contributed by atoms with Crippen molar-refractivity contribution in [1.82, 2.24) is 0 Å². The highest BCUT2D eigenvalue weighted by atomic mass is 32.1. The number of nitrogens with one attached hydrogen (secondary N) is 1. The number of fused-ring (bicyclic) bond motifs is 1. The van der Waals surface area contributed by atoms with Crippen molar-refractivity contribution < 1.29 is 28.3 Å². The van der Waals surface area contributed by atoms with Crippen LogP contribution in [-0.2, 0) is 31.9 Å². The third-order valence-corrected chi connectivity index (χ3v) is 5.35. The Labute approximate surface area is 166 Å². The van der Waals surface area contributed by atoms with E-state index in [0.717, 1.165) is 35.5 Å². The number of ether oxygens (including phenoxy) is 2. The normalized spacial score (nSPS) is 12.8. The van der Waals surface area contributed by atoms with Gasteiger partial charge in [-0.2, -0.15) is 0 Å². The molecule has 3 rings (SSSR count). The van der Waals surface area contributed by atoms with Gasteiger partial charge in [-0.05, 0) is 56.9 Å². The summed E-state index contributed by atoms with van der Waals surface area (Å²) >= 11 is 1.38. The SMILES string of the molecule is CCOC(=O)c1c(NC(=O)COC(=O)C=Cc2ccc(C)o2)sc2c1CCC2. The minimum Gasteiger partial charge on any atom is -0.462 e. The van der Waals surface area contributed by atoms with E-state index in [1.165, 1.54) is 23.5 Å². The summed E-state index contributed by atoms with van der Waals surface area (Å²) in [6.45, 7) is 3.34. The summed E-state index contributed by atoms with van der Waals surface area (Å²) in [5.41, 5.74) is 1.37. The molecule has 2 aromatic rings. The number of esters is 2. The van der Waals surface area contributed by atoms with Crippen molar-refractivity contribution in [2.75, 3.05) is 18.5 Å². The molecule has 0 spiro atoms. The third kappa shape index (κ3) is 4.69. The zero-order valence-corrected chi connectivity index (χ0v) is 16.5. The van der Waals surface area contributed by atoms with E-state index in [1.54, 1.807) is 26.0 Å². The fraction of sp³-hybridized carbons (Fsp3) is 0.350. The molecule has 0 atom stereocenters. The molecule has 1 N–H and O–H groups in total. The van der Waals surface area contributed by atoms with E-state index in [1.807, 2.05) is 0 Å². The van der Waals surface area contributed by atoms with Gasteiger partial charge in [-0.1, -0.05) is 0 Å². The zero-order valence-electron chi connectivity index (χ0n) is 15.7. The fourth-order valence-electron chi connectivity index (χ4n) is 2.95. The second-order valence-corrected chi connectivity index (χ2v) is 7.32. The average Bonchev–Trinajstić information content (AvgIpc) is 3.34. The Kier molecular flexibility index (Phi) is 6.30. The van der Waals surface area contributed by atoms with E-state index < -0.39 is 24.5 Å². The van der Waals surface area contributed by atoms with Crippen LogP contribution in [0.1, 0.15) is 45.7 Å². The summed E-state index contributed by atoms with van der Waals surface area (Å²) in [5, 5.41) is 3.12. The Morgan fingerprint density at radius 2 is 2.07 bits per heavy atom. The summed E-state index contributed by atoms with van der Waals surface area (Å²) < 4.78 is 15.4. The summed E-state index contributed by atoms with van der Waals surface area (Å²) in [7, 11) is 0.